The molecule has 0 aliphatic carbocycles. The Hall–Kier alpha value is -1.61. The van der Waals surface area contributed by atoms with Crippen LogP contribution < -0.4 is 10.6 Å². The van der Waals surface area contributed by atoms with Crippen LogP contribution in [0.1, 0.15) is 38.3 Å². The fourth-order valence-corrected chi connectivity index (χ4v) is 3.61. The quantitative estimate of drug-likeness (QED) is 0.248. The smallest absolute Gasteiger partial charge is 0.191 e. The highest BCUT2D eigenvalue weighted by Gasteiger charge is 2.29. The standard InChI is InChI=1S/C22H34N6.HI/c1-4-23-21(24-12-7-14-28-15-8-13-26-28)25-18-22(2,3)27-16-11-19-9-5-6-10-20(19)17-27;/h5-6,8-10,13,15H,4,7,11-12,14,16-18H2,1-3H3,(H2,23,24,25);1H. The summed E-state index contributed by atoms with van der Waals surface area (Å²) in [6.45, 7) is 12.2. The van der Waals surface area contributed by atoms with Crippen molar-refractivity contribution in [1.82, 2.24) is 25.3 Å². The molecule has 2 N–H and O–H groups in total. The van der Waals surface area contributed by atoms with Crippen LogP contribution in [0.25, 0.3) is 0 Å². The van der Waals surface area contributed by atoms with Gasteiger partial charge < -0.3 is 10.6 Å². The summed E-state index contributed by atoms with van der Waals surface area (Å²) in [7, 11) is 0. The Morgan fingerprint density at radius 3 is 2.69 bits per heavy atom. The summed E-state index contributed by atoms with van der Waals surface area (Å²) < 4.78 is 1.96. The maximum atomic E-state index is 4.88. The van der Waals surface area contributed by atoms with E-state index in [1.54, 1.807) is 0 Å². The molecule has 0 fully saturated rings. The van der Waals surface area contributed by atoms with Crippen molar-refractivity contribution < 1.29 is 0 Å². The normalized spacial score (nSPS) is 14.8. The Balaban J connectivity index is 0.00000300. The van der Waals surface area contributed by atoms with Crippen LogP contribution in [0.15, 0.2) is 47.7 Å². The van der Waals surface area contributed by atoms with Crippen molar-refractivity contribution in [3.05, 3.63) is 53.9 Å². The van der Waals surface area contributed by atoms with Crippen LogP contribution in [0.3, 0.4) is 0 Å². The van der Waals surface area contributed by atoms with Gasteiger partial charge >= 0.3 is 0 Å². The molecule has 29 heavy (non-hydrogen) atoms. The van der Waals surface area contributed by atoms with Crippen molar-refractivity contribution in [2.24, 2.45) is 4.99 Å². The zero-order valence-corrected chi connectivity index (χ0v) is 20.2. The third-order valence-electron chi connectivity index (χ3n) is 5.37. The number of rotatable bonds is 8. The molecule has 0 atom stereocenters. The summed E-state index contributed by atoms with van der Waals surface area (Å²) in [4.78, 5) is 7.44. The monoisotopic (exact) mass is 510 g/mol. The number of hydrogen-bond acceptors (Lipinski definition) is 3. The molecule has 1 aromatic carbocycles. The molecule has 0 saturated heterocycles. The van der Waals surface area contributed by atoms with Gasteiger partial charge in [-0.05, 0) is 50.8 Å². The van der Waals surface area contributed by atoms with E-state index in [2.05, 4.69) is 65.7 Å². The van der Waals surface area contributed by atoms with E-state index >= 15 is 0 Å². The van der Waals surface area contributed by atoms with E-state index in [0.717, 1.165) is 58.1 Å². The summed E-state index contributed by atoms with van der Waals surface area (Å²) in [5.41, 5.74) is 2.96. The van der Waals surface area contributed by atoms with Crippen LogP contribution in [0.4, 0.5) is 0 Å². The van der Waals surface area contributed by atoms with Crippen LogP contribution >= 0.6 is 24.0 Å². The third-order valence-corrected chi connectivity index (χ3v) is 5.37. The first kappa shape index (κ1) is 23.7. The molecule has 2 heterocycles. The van der Waals surface area contributed by atoms with Gasteiger partial charge in [-0.1, -0.05) is 24.3 Å². The first-order chi connectivity index (χ1) is 13.6. The van der Waals surface area contributed by atoms with Crippen molar-refractivity contribution in [2.75, 3.05) is 26.2 Å². The Labute approximate surface area is 192 Å². The Bertz CT molecular complexity index is 756. The first-order valence-corrected chi connectivity index (χ1v) is 10.4. The third kappa shape index (κ3) is 6.99. The van der Waals surface area contributed by atoms with Crippen LogP contribution in [0, 0.1) is 0 Å². The highest BCUT2D eigenvalue weighted by atomic mass is 127. The fourth-order valence-electron chi connectivity index (χ4n) is 3.61. The lowest BCUT2D eigenvalue weighted by Gasteiger charge is -2.40. The summed E-state index contributed by atoms with van der Waals surface area (Å²) in [6.07, 6.45) is 5.95. The van der Waals surface area contributed by atoms with Gasteiger partial charge in [0.2, 0.25) is 0 Å². The topological polar surface area (TPSA) is 57.5 Å². The SMILES string of the molecule is CCNC(=NCC(C)(C)N1CCc2ccccc2C1)NCCCn1cccn1.I. The second-order valence-electron chi connectivity index (χ2n) is 8.00. The number of aryl methyl sites for hydroxylation is 1. The molecule has 6 nitrogen and oxygen atoms in total. The Morgan fingerprint density at radius 1 is 1.17 bits per heavy atom. The second-order valence-corrected chi connectivity index (χ2v) is 8.00. The summed E-state index contributed by atoms with van der Waals surface area (Å²) in [6, 6.07) is 10.8. The number of hydrogen-bond donors (Lipinski definition) is 2. The fraction of sp³-hybridized carbons (Fsp3) is 0.545. The van der Waals surface area contributed by atoms with Gasteiger partial charge in [0.25, 0.3) is 0 Å². The molecule has 0 radical (unpaired) electrons. The molecule has 2 aromatic rings. The van der Waals surface area contributed by atoms with E-state index in [9.17, 15) is 0 Å². The molecular weight excluding hydrogens is 475 g/mol. The lowest BCUT2D eigenvalue weighted by Crippen LogP contribution is -2.49. The number of nitrogens with zero attached hydrogens (tertiary/aromatic N) is 4. The average molecular weight is 510 g/mol. The van der Waals surface area contributed by atoms with E-state index in [1.807, 2.05) is 23.1 Å². The molecule has 3 rings (SSSR count). The van der Waals surface area contributed by atoms with Crippen LogP contribution in [0.5, 0.6) is 0 Å². The average Bonchev–Trinajstić information content (AvgIpc) is 3.22. The Morgan fingerprint density at radius 2 is 1.97 bits per heavy atom. The molecule has 0 unspecified atom stereocenters. The van der Waals surface area contributed by atoms with Crippen LogP contribution in [-0.4, -0.2) is 52.4 Å². The molecule has 0 amide bonds. The lowest BCUT2D eigenvalue weighted by molar-refractivity contribution is 0.111. The van der Waals surface area contributed by atoms with Crippen molar-refractivity contribution in [2.45, 2.75) is 52.2 Å². The van der Waals surface area contributed by atoms with Gasteiger partial charge in [0.1, 0.15) is 0 Å². The number of aromatic nitrogens is 2. The van der Waals surface area contributed by atoms with Gasteiger partial charge in [0.15, 0.2) is 5.96 Å². The van der Waals surface area contributed by atoms with E-state index < -0.39 is 0 Å². The van der Waals surface area contributed by atoms with Gasteiger partial charge in [-0.15, -0.1) is 24.0 Å². The summed E-state index contributed by atoms with van der Waals surface area (Å²) in [5.74, 6) is 0.897. The lowest BCUT2D eigenvalue weighted by atomic mass is 9.94. The predicted molar refractivity (Wildman–Crippen MR) is 131 cm³/mol. The van der Waals surface area contributed by atoms with E-state index in [0.29, 0.717) is 0 Å². The summed E-state index contributed by atoms with van der Waals surface area (Å²) >= 11 is 0. The van der Waals surface area contributed by atoms with Gasteiger partial charge in [-0.25, -0.2) is 0 Å². The molecule has 0 saturated carbocycles. The van der Waals surface area contributed by atoms with Crippen molar-refractivity contribution in [1.29, 1.82) is 0 Å². The van der Waals surface area contributed by atoms with Crippen LogP contribution in [-0.2, 0) is 19.5 Å². The van der Waals surface area contributed by atoms with E-state index in [1.165, 1.54) is 11.1 Å². The number of halogens is 1. The molecule has 1 aromatic heterocycles. The molecule has 160 valence electrons. The van der Waals surface area contributed by atoms with E-state index in [-0.39, 0.29) is 29.5 Å². The number of guanidine groups is 1. The first-order valence-electron chi connectivity index (χ1n) is 10.4. The maximum absolute atomic E-state index is 4.88. The second kappa shape index (κ2) is 11.5. The maximum Gasteiger partial charge on any atom is 0.191 e. The van der Waals surface area contributed by atoms with Crippen molar-refractivity contribution >= 4 is 29.9 Å². The van der Waals surface area contributed by atoms with Gasteiger partial charge in [0, 0.05) is 50.7 Å². The van der Waals surface area contributed by atoms with Gasteiger partial charge in [-0.3, -0.25) is 14.6 Å². The minimum absolute atomic E-state index is 0. The van der Waals surface area contributed by atoms with Crippen LogP contribution in [0.2, 0.25) is 0 Å². The number of aliphatic imine (C=N–C) groups is 1. The molecule has 1 aliphatic rings. The van der Waals surface area contributed by atoms with Gasteiger partial charge in [0.05, 0.1) is 6.54 Å². The number of benzene rings is 1. The predicted octanol–water partition coefficient (Wildman–Crippen LogP) is 3.28. The number of fused-ring (bicyclic) bond motifs is 1. The highest BCUT2D eigenvalue weighted by molar-refractivity contribution is 14.0. The molecule has 1 aliphatic heterocycles. The van der Waals surface area contributed by atoms with Crippen molar-refractivity contribution in [3.63, 3.8) is 0 Å². The zero-order valence-electron chi connectivity index (χ0n) is 17.9. The molecule has 0 spiro atoms. The van der Waals surface area contributed by atoms with Gasteiger partial charge in [-0.2, -0.15) is 5.10 Å². The largest absolute Gasteiger partial charge is 0.357 e. The zero-order chi connectivity index (χ0) is 19.8. The minimum Gasteiger partial charge on any atom is -0.357 e. The van der Waals surface area contributed by atoms with Crippen molar-refractivity contribution in [3.8, 4) is 0 Å². The summed E-state index contributed by atoms with van der Waals surface area (Å²) in [5, 5.41) is 11.1. The molecular formula is C22H35IN6. The van der Waals surface area contributed by atoms with E-state index in [4.69, 9.17) is 4.99 Å². The minimum atomic E-state index is 0. The number of nitrogens with one attached hydrogen (secondary N) is 2. The molecule has 7 heteroatoms. The highest BCUT2D eigenvalue weighted by Crippen LogP contribution is 2.25. The Kier molecular flexibility index (Phi) is 9.42. The molecule has 0 bridgehead atoms.